The summed E-state index contributed by atoms with van der Waals surface area (Å²) in [6.45, 7) is 3.20. The monoisotopic (exact) mass is 270 g/mol. The number of halogens is 1. The summed E-state index contributed by atoms with van der Waals surface area (Å²) in [4.78, 5) is 11.9. The highest BCUT2D eigenvalue weighted by Gasteiger charge is 2.36. The second-order valence-corrected chi connectivity index (χ2v) is 5.32. The van der Waals surface area contributed by atoms with Crippen LogP contribution in [0.1, 0.15) is 45.4 Å². The molecule has 0 saturated carbocycles. The fourth-order valence-electron chi connectivity index (χ4n) is 2.61. The number of carbonyl (C=O) groups excluding carboxylic acids is 1. The maximum atomic E-state index is 14.9. The van der Waals surface area contributed by atoms with Gasteiger partial charge in [-0.2, -0.15) is 0 Å². The minimum atomic E-state index is -1.32. The molecule has 1 aliphatic carbocycles. The van der Waals surface area contributed by atoms with E-state index in [9.17, 15) is 9.18 Å². The molecule has 0 aromatic carbocycles. The predicted molar refractivity (Wildman–Crippen MR) is 76.8 cm³/mol. The number of nitrogens with one attached hydrogen (secondary N) is 2. The Hall–Kier alpha value is -0.900. The molecule has 0 bridgehead atoms. The smallest absolute Gasteiger partial charge is 0.220 e. The Morgan fingerprint density at radius 1 is 1.42 bits per heavy atom. The minimum Gasteiger partial charge on any atom is -0.355 e. The van der Waals surface area contributed by atoms with Gasteiger partial charge in [0.25, 0.3) is 0 Å². The second kappa shape index (κ2) is 8.31. The van der Waals surface area contributed by atoms with Gasteiger partial charge in [0, 0.05) is 25.4 Å². The van der Waals surface area contributed by atoms with Gasteiger partial charge < -0.3 is 10.6 Å². The van der Waals surface area contributed by atoms with Crippen LogP contribution < -0.4 is 10.6 Å². The third-order valence-corrected chi connectivity index (χ3v) is 3.92. The second-order valence-electron chi connectivity index (χ2n) is 5.32. The molecule has 4 heteroatoms. The maximum absolute atomic E-state index is 14.9. The summed E-state index contributed by atoms with van der Waals surface area (Å²) in [5.74, 6) is -0.228. The van der Waals surface area contributed by atoms with Gasteiger partial charge in [-0.25, -0.2) is 4.39 Å². The van der Waals surface area contributed by atoms with Crippen molar-refractivity contribution in [3.63, 3.8) is 0 Å². The lowest BCUT2D eigenvalue weighted by atomic mass is 9.79. The summed E-state index contributed by atoms with van der Waals surface area (Å²) in [6.07, 6.45) is 8.21. The standard InChI is InChI=1S/C15H27FN2O/c1-3-15(16)9-7-5-4-6-8-13(15)12-14(19)18-11-10-17-2/h7,9,13,17H,3-6,8,10-12H2,1-2H3,(H,18,19)/b9-7-. The molecule has 0 saturated heterocycles. The van der Waals surface area contributed by atoms with E-state index in [0.29, 0.717) is 19.4 Å². The van der Waals surface area contributed by atoms with Crippen molar-refractivity contribution in [2.75, 3.05) is 20.1 Å². The van der Waals surface area contributed by atoms with E-state index in [1.165, 1.54) is 0 Å². The number of rotatable bonds is 6. The quantitative estimate of drug-likeness (QED) is 0.575. The van der Waals surface area contributed by atoms with Gasteiger partial charge in [0.2, 0.25) is 5.91 Å². The highest BCUT2D eigenvalue weighted by molar-refractivity contribution is 5.76. The molecule has 2 N–H and O–H groups in total. The van der Waals surface area contributed by atoms with E-state index in [1.807, 2.05) is 20.0 Å². The van der Waals surface area contributed by atoms with Crippen LogP contribution in [0.25, 0.3) is 0 Å². The fourth-order valence-corrected chi connectivity index (χ4v) is 2.61. The van der Waals surface area contributed by atoms with Gasteiger partial charge >= 0.3 is 0 Å². The zero-order valence-corrected chi connectivity index (χ0v) is 12.2. The van der Waals surface area contributed by atoms with E-state index in [0.717, 1.165) is 32.2 Å². The van der Waals surface area contributed by atoms with Gasteiger partial charge in [-0.1, -0.05) is 25.5 Å². The first-order valence-electron chi connectivity index (χ1n) is 7.40. The molecule has 0 aromatic rings. The molecule has 1 amide bonds. The molecule has 0 fully saturated rings. The number of hydrogen-bond donors (Lipinski definition) is 2. The van der Waals surface area contributed by atoms with Crippen LogP contribution >= 0.6 is 0 Å². The first kappa shape index (κ1) is 16.2. The minimum absolute atomic E-state index is 0.0373. The average molecular weight is 270 g/mol. The van der Waals surface area contributed by atoms with Crippen LogP contribution in [0.2, 0.25) is 0 Å². The number of amides is 1. The molecular weight excluding hydrogens is 243 g/mol. The summed E-state index contributed by atoms with van der Waals surface area (Å²) in [7, 11) is 1.84. The van der Waals surface area contributed by atoms with Gasteiger partial charge in [0.1, 0.15) is 5.67 Å². The molecule has 0 aromatic heterocycles. The first-order chi connectivity index (χ1) is 9.12. The van der Waals surface area contributed by atoms with E-state index >= 15 is 0 Å². The van der Waals surface area contributed by atoms with E-state index in [-0.39, 0.29) is 11.8 Å². The van der Waals surface area contributed by atoms with Crippen LogP contribution in [-0.2, 0) is 4.79 Å². The number of likely N-dealkylation sites (N-methyl/N-ethyl adjacent to an activating group) is 1. The molecule has 0 spiro atoms. The lowest BCUT2D eigenvalue weighted by molar-refractivity contribution is -0.123. The topological polar surface area (TPSA) is 41.1 Å². The fraction of sp³-hybridized carbons (Fsp3) is 0.800. The Balaban J connectivity index is 2.58. The molecule has 3 nitrogen and oxygen atoms in total. The number of hydrogen-bond acceptors (Lipinski definition) is 2. The molecule has 2 atom stereocenters. The number of allylic oxidation sites excluding steroid dienone is 2. The van der Waals surface area contributed by atoms with Crippen LogP contribution in [0.5, 0.6) is 0 Å². The molecule has 19 heavy (non-hydrogen) atoms. The SMILES string of the molecule is CCC1(F)/C=C\CCCCC1CC(=O)NCCNC. The van der Waals surface area contributed by atoms with E-state index in [1.54, 1.807) is 6.08 Å². The summed E-state index contributed by atoms with van der Waals surface area (Å²) in [5, 5.41) is 5.81. The van der Waals surface area contributed by atoms with Crippen LogP contribution in [0.15, 0.2) is 12.2 Å². The van der Waals surface area contributed by atoms with Gasteiger partial charge in [-0.15, -0.1) is 0 Å². The predicted octanol–water partition coefficient (Wildman–Crippen LogP) is 2.58. The summed E-state index contributed by atoms with van der Waals surface area (Å²) >= 11 is 0. The lowest BCUT2D eigenvalue weighted by Crippen LogP contribution is -2.37. The highest BCUT2D eigenvalue weighted by Crippen LogP contribution is 2.36. The third kappa shape index (κ3) is 5.31. The van der Waals surface area contributed by atoms with Crippen LogP contribution in [0.4, 0.5) is 4.39 Å². The Labute approximate surface area is 116 Å². The molecular formula is C15H27FN2O. The number of alkyl halides is 1. The highest BCUT2D eigenvalue weighted by atomic mass is 19.1. The Morgan fingerprint density at radius 2 is 2.21 bits per heavy atom. The van der Waals surface area contributed by atoms with Crippen molar-refractivity contribution in [2.24, 2.45) is 5.92 Å². The Morgan fingerprint density at radius 3 is 2.89 bits per heavy atom. The average Bonchev–Trinajstić information content (AvgIpc) is 2.39. The summed E-state index contributed by atoms with van der Waals surface area (Å²) in [5.41, 5.74) is -1.32. The van der Waals surface area contributed by atoms with Crippen LogP contribution in [0.3, 0.4) is 0 Å². The van der Waals surface area contributed by atoms with Crippen molar-refractivity contribution in [1.82, 2.24) is 10.6 Å². The van der Waals surface area contributed by atoms with Crippen LogP contribution in [0, 0.1) is 5.92 Å². The van der Waals surface area contributed by atoms with Gasteiger partial charge in [-0.3, -0.25) is 4.79 Å². The molecule has 1 rings (SSSR count). The third-order valence-electron chi connectivity index (χ3n) is 3.92. The Kier molecular flexibility index (Phi) is 7.06. The van der Waals surface area contributed by atoms with Crippen molar-refractivity contribution in [2.45, 2.75) is 51.1 Å². The van der Waals surface area contributed by atoms with Crippen molar-refractivity contribution < 1.29 is 9.18 Å². The Bertz CT molecular complexity index is 307. The molecule has 0 aliphatic heterocycles. The molecule has 0 radical (unpaired) electrons. The van der Waals surface area contributed by atoms with Gasteiger partial charge in [0.15, 0.2) is 0 Å². The van der Waals surface area contributed by atoms with Crippen molar-refractivity contribution in [3.05, 3.63) is 12.2 Å². The number of carbonyl (C=O) groups is 1. The van der Waals surface area contributed by atoms with Crippen molar-refractivity contribution >= 4 is 5.91 Å². The van der Waals surface area contributed by atoms with Gasteiger partial charge in [0.05, 0.1) is 0 Å². The zero-order chi connectivity index (χ0) is 14.1. The normalized spacial score (nSPS) is 29.3. The van der Waals surface area contributed by atoms with E-state index in [2.05, 4.69) is 10.6 Å². The van der Waals surface area contributed by atoms with Crippen LogP contribution in [-0.4, -0.2) is 31.7 Å². The molecule has 0 heterocycles. The first-order valence-corrected chi connectivity index (χ1v) is 7.40. The maximum Gasteiger partial charge on any atom is 0.220 e. The van der Waals surface area contributed by atoms with Gasteiger partial charge in [-0.05, 0) is 32.7 Å². The summed E-state index contributed by atoms with van der Waals surface area (Å²) < 4.78 is 14.9. The molecule has 110 valence electrons. The largest absolute Gasteiger partial charge is 0.355 e. The van der Waals surface area contributed by atoms with E-state index < -0.39 is 5.67 Å². The molecule has 2 unspecified atom stereocenters. The van der Waals surface area contributed by atoms with E-state index in [4.69, 9.17) is 0 Å². The summed E-state index contributed by atoms with van der Waals surface area (Å²) in [6, 6.07) is 0. The molecule has 1 aliphatic rings. The van der Waals surface area contributed by atoms with Crippen molar-refractivity contribution in [3.8, 4) is 0 Å². The van der Waals surface area contributed by atoms with Crippen molar-refractivity contribution in [1.29, 1.82) is 0 Å². The zero-order valence-electron chi connectivity index (χ0n) is 12.2. The lowest BCUT2D eigenvalue weighted by Gasteiger charge is -2.31.